The molecule has 9 heteroatoms. The summed E-state index contributed by atoms with van der Waals surface area (Å²) in [6, 6.07) is 17.2. The molecular weight excluding hydrogens is 430 g/mol. The van der Waals surface area contributed by atoms with Gasteiger partial charge >= 0.3 is 0 Å². The van der Waals surface area contributed by atoms with Crippen molar-refractivity contribution < 1.29 is 9.53 Å². The van der Waals surface area contributed by atoms with Gasteiger partial charge in [0.1, 0.15) is 41.3 Å². The Morgan fingerprint density at radius 2 is 1.74 bits per heavy atom. The van der Waals surface area contributed by atoms with Gasteiger partial charge in [-0.1, -0.05) is 18.2 Å². The van der Waals surface area contributed by atoms with Gasteiger partial charge in [-0.25, -0.2) is 19.9 Å². The first kappa shape index (κ1) is 21.3. The van der Waals surface area contributed by atoms with Crippen LogP contribution in [0.1, 0.15) is 0 Å². The van der Waals surface area contributed by atoms with Crippen LogP contribution < -0.4 is 15.0 Å². The van der Waals surface area contributed by atoms with E-state index in [2.05, 4.69) is 30.1 Å². The van der Waals surface area contributed by atoms with E-state index in [4.69, 9.17) is 9.72 Å². The summed E-state index contributed by atoms with van der Waals surface area (Å²) in [4.78, 5) is 32.9. The number of benzene rings is 1. The lowest BCUT2D eigenvalue weighted by Crippen LogP contribution is -2.44. The second kappa shape index (κ2) is 9.95. The van der Waals surface area contributed by atoms with Gasteiger partial charge in [-0.05, 0) is 42.5 Å². The van der Waals surface area contributed by atoms with E-state index in [9.17, 15) is 4.79 Å². The van der Waals surface area contributed by atoms with Crippen LogP contribution in [0.3, 0.4) is 0 Å². The molecule has 4 aromatic rings. The first-order valence-corrected chi connectivity index (χ1v) is 11.0. The highest BCUT2D eigenvalue weighted by Crippen LogP contribution is 2.26. The van der Waals surface area contributed by atoms with Crippen molar-refractivity contribution in [2.45, 2.75) is 0 Å². The molecule has 1 aliphatic rings. The van der Waals surface area contributed by atoms with Gasteiger partial charge in [-0.15, -0.1) is 0 Å². The van der Waals surface area contributed by atoms with Crippen LogP contribution >= 0.6 is 0 Å². The lowest BCUT2D eigenvalue weighted by Gasteiger charge is -2.34. The number of carbonyl (C=O) groups is 1. The maximum absolute atomic E-state index is 10.5. The number of aldehydes is 1. The molecular formula is C25H23N7O2. The van der Waals surface area contributed by atoms with E-state index in [-0.39, 0.29) is 0 Å². The number of pyridine rings is 2. The van der Waals surface area contributed by atoms with Gasteiger partial charge in [0.05, 0.1) is 11.7 Å². The number of carbonyl (C=O) groups excluding carboxylic acids is 1. The van der Waals surface area contributed by atoms with Crippen LogP contribution in [-0.4, -0.2) is 57.3 Å². The molecule has 0 saturated carbocycles. The minimum absolute atomic E-state index is 0.587. The topological polar surface area (TPSA) is 96.4 Å². The van der Waals surface area contributed by atoms with Crippen LogP contribution in [0.25, 0.3) is 11.0 Å². The molecule has 1 aromatic carbocycles. The fourth-order valence-electron chi connectivity index (χ4n) is 3.71. The van der Waals surface area contributed by atoms with E-state index in [0.29, 0.717) is 22.9 Å². The number of rotatable bonds is 7. The lowest BCUT2D eigenvalue weighted by molar-refractivity contribution is -0.104. The van der Waals surface area contributed by atoms with E-state index in [1.165, 1.54) is 12.4 Å². The Balaban J connectivity index is 1.32. The Morgan fingerprint density at radius 1 is 0.882 bits per heavy atom. The van der Waals surface area contributed by atoms with Gasteiger partial charge in [0.15, 0.2) is 5.82 Å². The molecule has 0 spiro atoms. The molecule has 0 amide bonds. The molecule has 1 aliphatic heterocycles. The molecule has 5 rings (SSSR count). The number of allylic oxidation sites excluding steroid dienone is 1. The summed E-state index contributed by atoms with van der Waals surface area (Å²) in [6.07, 6.45) is 7.32. The van der Waals surface area contributed by atoms with Crippen molar-refractivity contribution in [3.63, 3.8) is 0 Å². The SMILES string of the molecule is O=C/C=C/N1CCN(c2ccc3ncnc(Nc4ccc(Oc5ccccc5)cn4)c3n2)CC1. The van der Waals surface area contributed by atoms with E-state index in [1.807, 2.05) is 60.8 Å². The predicted octanol–water partition coefficient (Wildman–Crippen LogP) is 3.79. The molecule has 4 heterocycles. The first-order valence-electron chi connectivity index (χ1n) is 11.0. The third-order valence-electron chi connectivity index (χ3n) is 5.44. The summed E-state index contributed by atoms with van der Waals surface area (Å²) in [5.74, 6) is 3.48. The Bertz CT molecular complexity index is 1290. The van der Waals surface area contributed by atoms with Crippen LogP contribution in [0.5, 0.6) is 11.5 Å². The molecule has 9 nitrogen and oxygen atoms in total. The number of fused-ring (bicyclic) bond motifs is 1. The lowest BCUT2D eigenvalue weighted by atomic mass is 10.3. The average Bonchev–Trinajstić information content (AvgIpc) is 2.89. The van der Waals surface area contributed by atoms with E-state index in [1.54, 1.807) is 6.20 Å². The van der Waals surface area contributed by atoms with Gasteiger partial charge in [0.25, 0.3) is 0 Å². The van der Waals surface area contributed by atoms with Crippen molar-refractivity contribution in [3.05, 3.63) is 79.4 Å². The summed E-state index contributed by atoms with van der Waals surface area (Å²) in [5.41, 5.74) is 1.42. The van der Waals surface area contributed by atoms with Gasteiger partial charge in [0.2, 0.25) is 0 Å². The number of aromatic nitrogens is 4. The molecule has 0 bridgehead atoms. The molecule has 1 fully saturated rings. The van der Waals surface area contributed by atoms with Crippen molar-refractivity contribution in [2.75, 3.05) is 36.4 Å². The molecule has 1 N–H and O–H groups in total. The van der Waals surface area contributed by atoms with Gasteiger partial charge in [-0.2, -0.15) is 0 Å². The molecule has 0 atom stereocenters. The fraction of sp³-hybridized carbons (Fsp3) is 0.160. The minimum Gasteiger partial charge on any atom is -0.456 e. The van der Waals surface area contributed by atoms with Crippen LogP contribution in [-0.2, 0) is 4.79 Å². The first-order chi connectivity index (χ1) is 16.8. The molecule has 170 valence electrons. The quantitative estimate of drug-likeness (QED) is 0.331. The summed E-state index contributed by atoms with van der Waals surface area (Å²) < 4.78 is 5.81. The van der Waals surface area contributed by atoms with Gasteiger partial charge in [0, 0.05) is 32.4 Å². The summed E-state index contributed by atoms with van der Waals surface area (Å²) >= 11 is 0. The zero-order valence-electron chi connectivity index (χ0n) is 18.4. The van der Waals surface area contributed by atoms with Gasteiger partial charge < -0.3 is 19.9 Å². The number of piperazine rings is 1. The maximum atomic E-state index is 10.5. The van der Waals surface area contributed by atoms with Crippen LogP contribution in [0, 0.1) is 0 Å². The van der Waals surface area contributed by atoms with Crippen LogP contribution in [0.2, 0.25) is 0 Å². The summed E-state index contributed by atoms with van der Waals surface area (Å²) in [6.45, 7) is 3.26. The van der Waals surface area contributed by atoms with Crippen molar-refractivity contribution in [1.29, 1.82) is 0 Å². The van der Waals surface area contributed by atoms with Crippen molar-refractivity contribution in [3.8, 4) is 11.5 Å². The number of hydrogen-bond acceptors (Lipinski definition) is 9. The highest BCUT2D eigenvalue weighted by Gasteiger charge is 2.17. The minimum atomic E-state index is 0.587. The molecule has 0 unspecified atom stereocenters. The van der Waals surface area contributed by atoms with Crippen LogP contribution in [0.15, 0.2) is 79.4 Å². The predicted molar refractivity (Wildman–Crippen MR) is 130 cm³/mol. The Kier molecular flexibility index (Phi) is 6.24. The standard InChI is InChI=1S/C25H23N7O2/c33-16-4-11-31-12-14-32(15-13-31)23-10-8-21-24(30-23)25(28-18-27-21)29-22-9-7-20(17-26-22)34-19-5-2-1-3-6-19/h1-11,16-18H,12-15H2,(H,26,27,28,29)/b11-4+. The van der Waals surface area contributed by atoms with Gasteiger partial charge in [-0.3, -0.25) is 4.79 Å². The number of anilines is 3. The molecule has 0 aliphatic carbocycles. The van der Waals surface area contributed by atoms with E-state index < -0.39 is 0 Å². The monoisotopic (exact) mass is 453 g/mol. The van der Waals surface area contributed by atoms with E-state index in [0.717, 1.165) is 49.5 Å². The fourth-order valence-corrected chi connectivity index (χ4v) is 3.71. The third-order valence-corrected chi connectivity index (χ3v) is 5.44. The Labute approximate surface area is 196 Å². The largest absolute Gasteiger partial charge is 0.456 e. The third kappa shape index (κ3) is 4.93. The number of nitrogens with one attached hydrogen (secondary N) is 1. The molecule has 3 aromatic heterocycles. The number of para-hydroxylation sites is 1. The summed E-state index contributed by atoms with van der Waals surface area (Å²) in [5, 5.41) is 3.25. The van der Waals surface area contributed by atoms with Crippen molar-refractivity contribution in [2.24, 2.45) is 0 Å². The Hall–Kier alpha value is -4.53. The maximum Gasteiger partial charge on any atom is 0.161 e. The molecule has 1 saturated heterocycles. The second-order valence-corrected chi connectivity index (χ2v) is 7.68. The zero-order valence-corrected chi connectivity index (χ0v) is 18.4. The smallest absolute Gasteiger partial charge is 0.161 e. The zero-order chi connectivity index (χ0) is 23.2. The molecule has 0 radical (unpaired) electrons. The average molecular weight is 454 g/mol. The highest BCUT2D eigenvalue weighted by atomic mass is 16.5. The highest BCUT2D eigenvalue weighted by molar-refractivity contribution is 5.87. The molecule has 34 heavy (non-hydrogen) atoms. The second-order valence-electron chi connectivity index (χ2n) is 7.68. The number of hydrogen-bond donors (Lipinski definition) is 1. The Morgan fingerprint density at radius 3 is 2.50 bits per heavy atom. The van der Waals surface area contributed by atoms with Crippen molar-refractivity contribution in [1.82, 2.24) is 24.8 Å². The van der Waals surface area contributed by atoms with Crippen molar-refractivity contribution >= 4 is 34.8 Å². The normalized spacial score (nSPS) is 13.9. The van der Waals surface area contributed by atoms with E-state index >= 15 is 0 Å². The van der Waals surface area contributed by atoms with Crippen LogP contribution in [0.4, 0.5) is 17.5 Å². The number of ether oxygens (including phenoxy) is 1. The number of nitrogens with zero attached hydrogens (tertiary/aromatic N) is 6. The summed E-state index contributed by atoms with van der Waals surface area (Å²) in [7, 11) is 0.